The van der Waals surface area contributed by atoms with Crippen LogP contribution >= 0.6 is 11.8 Å². The van der Waals surface area contributed by atoms with Gasteiger partial charge in [-0.15, -0.1) is 11.8 Å². The summed E-state index contributed by atoms with van der Waals surface area (Å²) in [5, 5.41) is 15.5. The molecule has 4 nitrogen and oxygen atoms in total. The van der Waals surface area contributed by atoms with Crippen LogP contribution in [0.3, 0.4) is 0 Å². The Hall–Kier alpha value is -3.05. The summed E-state index contributed by atoms with van der Waals surface area (Å²) in [5.41, 5.74) is 4.44. The Morgan fingerprint density at radius 1 is 0.966 bits per heavy atom. The van der Waals surface area contributed by atoms with E-state index in [4.69, 9.17) is 0 Å². The third-order valence-electron chi connectivity index (χ3n) is 4.97. The molecule has 5 heteroatoms. The topological polar surface area (TPSA) is 58.0 Å². The van der Waals surface area contributed by atoms with Crippen molar-refractivity contribution < 1.29 is 5.11 Å². The lowest BCUT2D eigenvalue weighted by Gasteiger charge is -2.22. The third-order valence-corrected chi connectivity index (χ3v) is 5.72. The number of rotatable bonds is 5. The van der Waals surface area contributed by atoms with E-state index in [0.29, 0.717) is 5.52 Å². The standard InChI is InChI=1S/C24H23N3OS/c1-15-12-13-25-21(14-15)27-22(17-6-9-19(29-3)10-7-17)20-11-8-18-5-4-16(2)26-23(18)24(20)28/h4-14,22,28H,1-3H3,(H,25,27). The molecule has 4 aromatic rings. The fourth-order valence-corrected chi connectivity index (χ4v) is 3.83. The second-order valence-electron chi connectivity index (χ2n) is 7.10. The van der Waals surface area contributed by atoms with Crippen molar-refractivity contribution in [2.45, 2.75) is 24.8 Å². The van der Waals surface area contributed by atoms with Gasteiger partial charge in [-0.1, -0.05) is 30.3 Å². The van der Waals surface area contributed by atoms with Crippen LogP contribution < -0.4 is 5.32 Å². The van der Waals surface area contributed by atoms with Gasteiger partial charge in [-0.2, -0.15) is 0 Å². The summed E-state index contributed by atoms with van der Waals surface area (Å²) in [6, 6.07) is 20.0. The minimum absolute atomic E-state index is 0.199. The van der Waals surface area contributed by atoms with E-state index in [1.165, 1.54) is 4.90 Å². The number of thioether (sulfide) groups is 1. The van der Waals surface area contributed by atoms with Gasteiger partial charge in [0.2, 0.25) is 0 Å². The van der Waals surface area contributed by atoms with Crippen LogP contribution in [0.5, 0.6) is 5.75 Å². The number of aromatic nitrogens is 2. The zero-order valence-electron chi connectivity index (χ0n) is 16.7. The molecule has 0 aliphatic rings. The molecular weight excluding hydrogens is 378 g/mol. The number of hydrogen-bond donors (Lipinski definition) is 2. The summed E-state index contributed by atoms with van der Waals surface area (Å²) in [6.45, 7) is 3.97. The highest BCUT2D eigenvalue weighted by Gasteiger charge is 2.20. The molecular formula is C24H23N3OS. The number of nitrogens with zero attached hydrogens (tertiary/aromatic N) is 2. The second kappa shape index (κ2) is 8.13. The molecule has 2 aromatic heterocycles. The van der Waals surface area contributed by atoms with Crippen LogP contribution in [0.4, 0.5) is 5.82 Å². The van der Waals surface area contributed by atoms with Gasteiger partial charge < -0.3 is 10.4 Å². The van der Waals surface area contributed by atoms with Gasteiger partial charge in [0.25, 0.3) is 0 Å². The molecule has 0 radical (unpaired) electrons. The van der Waals surface area contributed by atoms with E-state index < -0.39 is 0 Å². The van der Waals surface area contributed by atoms with Crippen LogP contribution in [0.15, 0.2) is 71.8 Å². The van der Waals surface area contributed by atoms with Crippen molar-refractivity contribution in [2.75, 3.05) is 11.6 Å². The molecule has 2 aromatic carbocycles. The van der Waals surface area contributed by atoms with E-state index in [9.17, 15) is 5.11 Å². The molecule has 0 saturated carbocycles. The average molecular weight is 402 g/mol. The lowest BCUT2D eigenvalue weighted by molar-refractivity contribution is 0.471. The minimum atomic E-state index is -0.257. The molecule has 0 bridgehead atoms. The number of hydrogen-bond acceptors (Lipinski definition) is 5. The van der Waals surface area contributed by atoms with Crippen molar-refractivity contribution in [1.82, 2.24) is 9.97 Å². The zero-order chi connectivity index (χ0) is 20.4. The Kier molecular flexibility index (Phi) is 5.41. The maximum Gasteiger partial charge on any atom is 0.147 e. The largest absolute Gasteiger partial charge is 0.505 e. The van der Waals surface area contributed by atoms with Gasteiger partial charge in [-0.05, 0) is 61.6 Å². The number of aromatic hydroxyl groups is 1. The number of nitrogens with one attached hydrogen (secondary N) is 1. The first kappa shape index (κ1) is 19.3. The summed E-state index contributed by atoms with van der Waals surface area (Å²) in [6.07, 6.45) is 3.85. The number of benzene rings is 2. The summed E-state index contributed by atoms with van der Waals surface area (Å²) < 4.78 is 0. The first-order valence-electron chi connectivity index (χ1n) is 9.47. The predicted octanol–water partition coefficient (Wildman–Crippen LogP) is 5.88. The minimum Gasteiger partial charge on any atom is -0.505 e. The van der Waals surface area contributed by atoms with Crippen LogP contribution in [0.2, 0.25) is 0 Å². The van der Waals surface area contributed by atoms with E-state index in [0.717, 1.165) is 33.6 Å². The Bertz CT molecular complexity index is 1160. The number of aryl methyl sites for hydroxylation is 2. The van der Waals surface area contributed by atoms with Crippen LogP contribution in [0, 0.1) is 13.8 Å². The summed E-state index contributed by atoms with van der Waals surface area (Å²) in [7, 11) is 0. The fourth-order valence-electron chi connectivity index (χ4n) is 3.42. The molecule has 2 N–H and O–H groups in total. The quantitative estimate of drug-likeness (QED) is 0.409. The molecule has 4 rings (SSSR count). The van der Waals surface area contributed by atoms with Crippen LogP contribution in [-0.2, 0) is 0 Å². The van der Waals surface area contributed by atoms with E-state index in [1.807, 2.05) is 50.2 Å². The Labute approximate surface area is 175 Å². The van der Waals surface area contributed by atoms with Crippen molar-refractivity contribution >= 4 is 28.5 Å². The predicted molar refractivity (Wildman–Crippen MR) is 121 cm³/mol. The van der Waals surface area contributed by atoms with E-state index in [2.05, 4.69) is 45.8 Å². The molecule has 0 spiro atoms. The Balaban J connectivity index is 1.84. The van der Waals surface area contributed by atoms with E-state index >= 15 is 0 Å². The highest BCUT2D eigenvalue weighted by atomic mass is 32.2. The molecule has 0 aliphatic carbocycles. The van der Waals surface area contributed by atoms with Crippen molar-refractivity contribution in [3.05, 3.63) is 89.2 Å². The molecule has 1 unspecified atom stereocenters. The van der Waals surface area contributed by atoms with Crippen molar-refractivity contribution in [3.63, 3.8) is 0 Å². The maximum absolute atomic E-state index is 11.1. The fraction of sp³-hybridized carbons (Fsp3) is 0.167. The lowest BCUT2D eigenvalue weighted by atomic mass is 9.96. The highest BCUT2D eigenvalue weighted by molar-refractivity contribution is 7.98. The van der Waals surface area contributed by atoms with Crippen molar-refractivity contribution in [3.8, 4) is 5.75 Å². The van der Waals surface area contributed by atoms with E-state index in [-0.39, 0.29) is 11.8 Å². The highest BCUT2D eigenvalue weighted by Crippen LogP contribution is 2.37. The zero-order valence-corrected chi connectivity index (χ0v) is 17.5. The summed E-state index contributed by atoms with van der Waals surface area (Å²) in [5.74, 6) is 0.964. The summed E-state index contributed by atoms with van der Waals surface area (Å²) >= 11 is 1.71. The van der Waals surface area contributed by atoms with Crippen molar-refractivity contribution in [2.24, 2.45) is 0 Å². The molecule has 0 saturated heterocycles. The monoisotopic (exact) mass is 401 g/mol. The first-order valence-corrected chi connectivity index (χ1v) is 10.7. The van der Waals surface area contributed by atoms with E-state index in [1.54, 1.807) is 18.0 Å². The Morgan fingerprint density at radius 3 is 2.45 bits per heavy atom. The van der Waals surface area contributed by atoms with Crippen LogP contribution in [-0.4, -0.2) is 21.3 Å². The molecule has 2 heterocycles. The number of phenols is 1. The van der Waals surface area contributed by atoms with Gasteiger partial charge in [0, 0.05) is 27.7 Å². The maximum atomic E-state index is 11.1. The molecule has 29 heavy (non-hydrogen) atoms. The third kappa shape index (κ3) is 4.05. The van der Waals surface area contributed by atoms with Gasteiger partial charge in [0.15, 0.2) is 0 Å². The molecule has 1 atom stereocenters. The van der Waals surface area contributed by atoms with Gasteiger partial charge in [-0.3, -0.25) is 0 Å². The number of phenolic OH excluding ortho intramolecular Hbond substituents is 1. The second-order valence-corrected chi connectivity index (χ2v) is 7.98. The normalized spacial score (nSPS) is 12.1. The number of fused-ring (bicyclic) bond motifs is 1. The van der Waals surface area contributed by atoms with Gasteiger partial charge >= 0.3 is 0 Å². The average Bonchev–Trinajstić information content (AvgIpc) is 2.73. The smallest absolute Gasteiger partial charge is 0.147 e. The molecule has 0 aliphatic heterocycles. The van der Waals surface area contributed by atoms with Gasteiger partial charge in [-0.25, -0.2) is 9.97 Å². The number of pyridine rings is 2. The summed E-state index contributed by atoms with van der Waals surface area (Å²) in [4.78, 5) is 10.2. The molecule has 0 amide bonds. The SMILES string of the molecule is CSc1ccc(C(Nc2cc(C)ccn2)c2ccc3ccc(C)nc3c2O)cc1. The molecule has 0 fully saturated rings. The Morgan fingerprint density at radius 2 is 1.72 bits per heavy atom. The number of anilines is 1. The van der Waals surface area contributed by atoms with Gasteiger partial charge in [0.1, 0.15) is 17.1 Å². The van der Waals surface area contributed by atoms with Crippen LogP contribution in [0.25, 0.3) is 10.9 Å². The molecule has 146 valence electrons. The van der Waals surface area contributed by atoms with Crippen LogP contribution in [0.1, 0.15) is 28.4 Å². The lowest BCUT2D eigenvalue weighted by Crippen LogP contribution is -2.14. The van der Waals surface area contributed by atoms with Gasteiger partial charge in [0.05, 0.1) is 6.04 Å². The first-order chi connectivity index (χ1) is 14.0. The van der Waals surface area contributed by atoms with Crippen molar-refractivity contribution in [1.29, 1.82) is 0 Å².